The number of alkyl halides is 2. The van der Waals surface area contributed by atoms with Gasteiger partial charge in [-0.25, -0.2) is 8.78 Å². The Bertz CT molecular complexity index is 555. The molecule has 20 heavy (non-hydrogen) atoms. The molecular formula is C16H16BrF2N. The second kappa shape index (κ2) is 6.95. The highest BCUT2D eigenvalue weighted by atomic mass is 79.9. The number of rotatable bonds is 5. The Morgan fingerprint density at radius 2 is 1.75 bits per heavy atom. The Kier molecular flexibility index (Phi) is 5.26. The van der Waals surface area contributed by atoms with E-state index in [-0.39, 0.29) is 11.6 Å². The summed E-state index contributed by atoms with van der Waals surface area (Å²) in [6.45, 7) is 2.73. The van der Waals surface area contributed by atoms with E-state index in [2.05, 4.69) is 40.3 Å². The zero-order valence-corrected chi connectivity index (χ0v) is 12.7. The minimum absolute atomic E-state index is 0.0637. The van der Waals surface area contributed by atoms with Crippen LogP contribution < -0.4 is 5.32 Å². The van der Waals surface area contributed by atoms with Crippen LogP contribution in [0.1, 0.15) is 36.1 Å². The third-order valence-corrected chi connectivity index (χ3v) is 3.69. The summed E-state index contributed by atoms with van der Waals surface area (Å²) in [4.78, 5) is 0. The van der Waals surface area contributed by atoms with E-state index >= 15 is 0 Å². The topological polar surface area (TPSA) is 12.0 Å². The fourth-order valence-corrected chi connectivity index (χ4v) is 2.36. The molecule has 0 fully saturated rings. The van der Waals surface area contributed by atoms with Gasteiger partial charge in [0.15, 0.2) is 0 Å². The van der Waals surface area contributed by atoms with E-state index in [1.54, 1.807) is 12.1 Å². The molecule has 0 aliphatic carbocycles. The third kappa shape index (κ3) is 4.12. The molecule has 2 rings (SSSR count). The molecule has 2 aromatic carbocycles. The van der Waals surface area contributed by atoms with Crippen LogP contribution in [0, 0.1) is 0 Å². The standard InChI is InChI=1S/C16H16BrF2N/c1-11(14-3-2-4-15(17)9-14)20-10-12-5-7-13(8-6-12)16(18)19/h2-9,11,16,20H,10H2,1H3/t11-/m0/s1. The number of hydrogen-bond donors (Lipinski definition) is 1. The smallest absolute Gasteiger partial charge is 0.263 e. The van der Waals surface area contributed by atoms with Gasteiger partial charge in [-0.05, 0) is 30.2 Å². The second-order valence-corrected chi connectivity index (χ2v) is 5.62. The zero-order valence-electron chi connectivity index (χ0n) is 11.1. The van der Waals surface area contributed by atoms with E-state index in [1.165, 1.54) is 17.7 Å². The quantitative estimate of drug-likeness (QED) is 0.785. The van der Waals surface area contributed by atoms with Crippen LogP contribution in [0.5, 0.6) is 0 Å². The van der Waals surface area contributed by atoms with Gasteiger partial charge < -0.3 is 5.32 Å². The predicted molar refractivity (Wildman–Crippen MR) is 80.8 cm³/mol. The van der Waals surface area contributed by atoms with Crippen LogP contribution in [-0.2, 0) is 6.54 Å². The van der Waals surface area contributed by atoms with Gasteiger partial charge in [-0.3, -0.25) is 0 Å². The lowest BCUT2D eigenvalue weighted by atomic mass is 10.1. The van der Waals surface area contributed by atoms with Gasteiger partial charge in [-0.2, -0.15) is 0 Å². The van der Waals surface area contributed by atoms with Crippen molar-refractivity contribution in [1.29, 1.82) is 0 Å². The molecule has 0 bridgehead atoms. The van der Waals surface area contributed by atoms with Crippen molar-refractivity contribution in [3.8, 4) is 0 Å². The number of benzene rings is 2. The Labute approximate surface area is 126 Å². The van der Waals surface area contributed by atoms with Crippen molar-refractivity contribution in [2.24, 2.45) is 0 Å². The first-order chi connectivity index (χ1) is 9.56. The maximum absolute atomic E-state index is 12.5. The highest BCUT2D eigenvalue weighted by Crippen LogP contribution is 2.20. The summed E-state index contributed by atoms with van der Waals surface area (Å²) in [6.07, 6.45) is -2.40. The summed E-state index contributed by atoms with van der Waals surface area (Å²) in [6, 6.07) is 14.7. The number of nitrogens with one attached hydrogen (secondary N) is 1. The molecular weight excluding hydrogens is 324 g/mol. The monoisotopic (exact) mass is 339 g/mol. The number of hydrogen-bond acceptors (Lipinski definition) is 1. The van der Waals surface area contributed by atoms with Gasteiger partial charge in [0, 0.05) is 22.6 Å². The summed E-state index contributed by atoms with van der Waals surface area (Å²) in [7, 11) is 0. The average molecular weight is 340 g/mol. The van der Waals surface area contributed by atoms with Crippen molar-refractivity contribution in [3.05, 3.63) is 69.7 Å². The molecule has 0 amide bonds. The molecule has 1 atom stereocenters. The van der Waals surface area contributed by atoms with Gasteiger partial charge in [0.1, 0.15) is 0 Å². The fourth-order valence-electron chi connectivity index (χ4n) is 1.95. The Morgan fingerprint density at radius 1 is 1.05 bits per heavy atom. The van der Waals surface area contributed by atoms with Gasteiger partial charge in [0.2, 0.25) is 0 Å². The summed E-state index contributed by atoms with van der Waals surface area (Å²) in [5.41, 5.74) is 2.24. The molecule has 0 aliphatic rings. The summed E-state index contributed by atoms with van der Waals surface area (Å²) >= 11 is 3.45. The number of halogens is 3. The van der Waals surface area contributed by atoms with Gasteiger partial charge >= 0.3 is 0 Å². The fraction of sp³-hybridized carbons (Fsp3) is 0.250. The third-order valence-electron chi connectivity index (χ3n) is 3.19. The van der Waals surface area contributed by atoms with E-state index in [0.717, 1.165) is 10.0 Å². The maximum Gasteiger partial charge on any atom is 0.263 e. The Morgan fingerprint density at radius 3 is 2.35 bits per heavy atom. The van der Waals surface area contributed by atoms with Gasteiger partial charge in [0.25, 0.3) is 6.43 Å². The van der Waals surface area contributed by atoms with Crippen LogP contribution >= 0.6 is 15.9 Å². The van der Waals surface area contributed by atoms with E-state index in [0.29, 0.717) is 6.54 Å². The first-order valence-electron chi connectivity index (χ1n) is 6.42. The molecule has 106 valence electrons. The van der Waals surface area contributed by atoms with Crippen LogP contribution in [0.15, 0.2) is 53.0 Å². The Hall–Kier alpha value is -1.26. The van der Waals surface area contributed by atoms with Crippen LogP contribution in [0.25, 0.3) is 0 Å². The highest BCUT2D eigenvalue weighted by molar-refractivity contribution is 9.10. The molecule has 0 aromatic heterocycles. The van der Waals surface area contributed by atoms with Crippen molar-refractivity contribution in [2.45, 2.75) is 25.9 Å². The molecule has 4 heteroatoms. The summed E-state index contributed by atoms with van der Waals surface area (Å²) in [5, 5.41) is 3.38. The van der Waals surface area contributed by atoms with Crippen molar-refractivity contribution >= 4 is 15.9 Å². The zero-order chi connectivity index (χ0) is 14.5. The maximum atomic E-state index is 12.5. The molecule has 0 spiro atoms. The van der Waals surface area contributed by atoms with Gasteiger partial charge in [0.05, 0.1) is 0 Å². The molecule has 0 aliphatic heterocycles. The largest absolute Gasteiger partial charge is 0.306 e. The summed E-state index contributed by atoms with van der Waals surface area (Å²) < 4.78 is 26.0. The summed E-state index contributed by atoms with van der Waals surface area (Å²) in [5.74, 6) is 0. The molecule has 1 nitrogen and oxygen atoms in total. The highest BCUT2D eigenvalue weighted by Gasteiger charge is 2.07. The Balaban J connectivity index is 1.94. The van der Waals surface area contributed by atoms with E-state index in [9.17, 15) is 8.78 Å². The van der Waals surface area contributed by atoms with E-state index in [1.807, 2.05) is 12.1 Å². The van der Waals surface area contributed by atoms with E-state index in [4.69, 9.17) is 0 Å². The molecule has 0 saturated heterocycles. The second-order valence-electron chi connectivity index (χ2n) is 4.70. The van der Waals surface area contributed by atoms with Crippen molar-refractivity contribution in [1.82, 2.24) is 5.32 Å². The van der Waals surface area contributed by atoms with Crippen molar-refractivity contribution in [3.63, 3.8) is 0 Å². The lowest BCUT2D eigenvalue weighted by molar-refractivity contribution is 0.151. The SMILES string of the molecule is C[C@H](NCc1ccc(C(F)F)cc1)c1cccc(Br)c1. The van der Waals surface area contributed by atoms with E-state index < -0.39 is 6.43 Å². The molecule has 0 radical (unpaired) electrons. The lowest BCUT2D eigenvalue weighted by Crippen LogP contribution is -2.18. The molecule has 0 unspecified atom stereocenters. The lowest BCUT2D eigenvalue weighted by Gasteiger charge is -2.15. The van der Waals surface area contributed by atoms with Gasteiger partial charge in [-0.1, -0.05) is 52.3 Å². The minimum Gasteiger partial charge on any atom is -0.306 e. The van der Waals surface area contributed by atoms with Crippen LogP contribution in [0.2, 0.25) is 0 Å². The molecule has 0 heterocycles. The first-order valence-corrected chi connectivity index (χ1v) is 7.21. The minimum atomic E-state index is -2.40. The van der Waals surface area contributed by atoms with Gasteiger partial charge in [-0.15, -0.1) is 0 Å². The first kappa shape index (κ1) is 15.1. The van der Waals surface area contributed by atoms with Crippen molar-refractivity contribution < 1.29 is 8.78 Å². The normalized spacial score (nSPS) is 12.7. The van der Waals surface area contributed by atoms with Crippen LogP contribution in [-0.4, -0.2) is 0 Å². The van der Waals surface area contributed by atoms with Crippen LogP contribution in [0.3, 0.4) is 0 Å². The predicted octanol–water partition coefficient (Wildman–Crippen LogP) is 5.24. The molecule has 0 saturated carbocycles. The van der Waals surface area contributed by atoms with Crippen molar-refractivity contribution in [2.75, 3.05) is 0 Å². The molecule has 1 N–H and O–H groups in total. The van der Waals surface area contributed by atoms with Crippen LogP contribution in [0.4, 0.5) is 8.78 Å². The molecule has 2 aromatic rings. The average Bonchev–Trinajstić information content (AvgIpc) is 2.45.